The van der Waals surface area contributed by atoms with Gasteiger partial charge in [0.2, 0.25) is 0 Å². The number of aliphatic hydroxyl groups is 1. The zero-order valence-electron chi connectivity index (χ0n) is 13.5. The normalized spacial score (nSPS) is 11.5. The first kappa shape index (κ1) is 15.2. The van der Waals surface area contributed by atoms with Gasteiger partial charge in [0.1, 0.15) is 11.4 Å². The summed E-state index contributed by atoms with van der Waals surface area (Å²) >= 11 is 0. The number of H-pyrrole nitrogens is 1. The molecule has 2 aromatic heterocycles. The van der Waals surface area contributed by atoms with E-state index in [2.05, 4.69) is 39.7 Å². The molecule has 0 saturated carbocycles. The summed E-state index contributed by atoms with van der Waals surface area (Å²) < 4.78 is 2.17. The van der Waals surface area contributed by atoms with Gasteiger partial charge in [-0.1, -0.05) is 11.8 Å². The van der Waals surface area contributed by atoms with Crippen LogP contribution >= 0.6 is 0 Å². The van der Waals surface area contributed by atoms with Gasteiger partial charge in [0.05, 0.1) is 6.20 Å². The fourth-order valence-corrected chi connectivity index (χ4v) is 2.59. The zero-order valence-corrected chi connectivity index (χ0v) is 13.5. The minimum Gasteiger partial charge on any atom is -0.384 e. The topological polar surface area (TPSA) is 79.9 Å². The molecule has 1 aromatic carbocycles. The molecule has 0 unspecified atom stereocenters. The fourth-order valence-electron chi connectivity index (χ4n) is 2.59. The number of nitrogens with zero attached hydrogens (tertiary/aromatic N) is 2. The number of rotatable bonds is 2. The van der Waals surface area contributed by atoms with E-state index in [0.717, 1.165) is 34.1 Å². The van der Waals surface area contributed by atoms with E-state index in [1.54, 1.807) is 20.0 Å². The van der Waals surface area contributed by atoms with E-state index in [1.165, 1.54) is 0 Å². The fraction of sp³-hybridized carbons (Fsp3) is 0.278. The molecule has 0 aliphatic rings. The summed E-state index contributed by atoms with van der Waals surface area (Å²) in [7, 11) is 0. The van der Waals surface area contributed by atoms with Crippen molar-refractivity contribution in [3.63, 3.8) is 0 Å². The lowest BCUT2D eigenvalue weighted by Gasteiger charge is -2.06. The van der Waals surface area contributed by atoms with Gasteiger partial charge in [-0.25, -0.2) is 0 Å². The average Bonchev–Trinajstić information content (AvgIpc) is 3.07. The summed E-state index contributed by atoms with van der Waals surface area (Å²) in [6, 6.07) is 6.05. The first-order valence-electron chi connectivity index (χ1n) is 7.56. The van der Waals surface area contributed by atoms with Gasteiger partial charge >= 0.3 is 0 Å². The summed E-state index contributed by atoms with van der Waals surface area (Å²) in [4.78, 5) is 0. The number of hydrogen-bond acceptors (Lipinski definition) is 3. The Morgan fingerprint density at radius 1 is 1.35 bits per heavy atom. The van der Waals surface area contributed by atoms with Crippen LogP contribution in [0, 0.1) is 11.8 Å². The molecule has 0 saturated heterocycles. The molecule has 5 heteroatoms. The molecule has 0 bridgehead atoms. The highest BCUT2D eigenvalue weighted by atomic mass is 16.3. The van der Waals surface area contributed by atoms with Crippen LogP contribution in [0.25, 0.3) is 22.0 Å². The number of anilines is 1. The maximum Gasteiger partial charge on any atom is 0.126 e. The van der Waals surface area contributed by atoms with E-state index in [4.69, 9.17) is 5.73 Å². The second-order valence-corrected chi connectivity index (χ2v) is 6.07. The molecule has 0 fully saturated rings. The van der Waals surface area contributed by atoms with E-state index < -0.39 is 5.60 Å². The third-order valence-corrected chi connectivity index (χ3v) is 3.69. The molecule has 23 heavy (non-hydrogen) atoms. The number of aromatic nitrogens is 3. The van der Waals surface area contributed by atoms with E-state index in [1.807, 2.05) is 18.2 Å². The standard InChI is InChI=1S/C18H20N4O/c1-4-22-11-15(14-10-20-21-17(14)19)13-9-12(5-6-16(13)22)7-8-18(2,3)23/h5-6,9-11,23H,4H2,1-3H3,(H3,19,20,21). The van der Waals surface area contributed by atoms with Gasteiger partial charge in [-0.05, 0) is 39.0 Å². The van der Waals surface area contributed by atoms with E-state index in [-0.39, 0.29) is 0 Å². The van der Waals surface area contributed by atoms with Crippen LogP contribution in [0.2, 0.25) is 0 Å². The van der Waals surface area contributed by atoms with Crippen LogP contribution in [0.1, 0.15) is 26.3 Å². The molecule has 0 spiro atoms. The summed E-state index contributed by atoms with van der Waals surface area (Å²) in [5.74, 6) is 6.42. The minimum atomic E-state index is -1.01. The summed E-state index contributed by atoms with van der Waals surface area (Å²) in [6.45, 7) is 6.31. The second-order valence-electron chi connectivity index (χ2n) is 6.07. The highest BCUT2D eigenvalue weighted by molar-refractivity contribution is 5.98. The number of aromatic amines is 1. The lowest BCUT2D eigenvalue weighted by Crippen LogP contribution is -2.14. The van der Waals surface area contributed by atoms with Crippen molar-refractivity contribution < 1.29 is 5.11 Å². The maximum atomic E-state index is 9.77. The minimum absolute atomic E-state index is 0.549. The van der Waals surface area contributed by atoms with Crippen LogP contribution in [-0.4, -0.2) is 25.5 Å². The van der Waals surface area contributed by atoms with Gasteiger partial charge in [-0.3, -0.25) is 5.10 Å². The smallest absolute Gasteiger partial charge is 0.126 e. The van der Waals surface area contributed by atoms with Crippen molar-refractivity contribution in [2.45, 2.75) is 32.9 Å². The Morgan fingerprint density at radius 3 is 2.74 bits per heavy atom. The van der Waals surface area contributed by atoms with Gasteiger partial charge in [-0.15, -0.1) is 0 Å². The molecule has 0 aliphatic carbocycles. The van der Waals surface area contributed by atoms with E-state index >= 15 is 0 Å². The Bertz CT molecular complexity index is 916. The molecule has 3 rings (SSSR count). The number of fused-ring (bicyclic) bond motifs is 1. The van der Waals surface area contributed by atoms with Crippen molar-refractivity contribution in [2.24, 2.45) is 0 Å². The number of hydrogen-bond donors (Lipinski definition) is 3. The number of aryl methyl sites for hydroxylation is 1. The highest BCUT2D eigenvalue weighted by Crippen LogP contribution is 2.33. The Balaban J connectivity index is 2.20. The summed E-state index contributed by atoms with van der Waals surface area (Å²) in [5.41, 5.74) is 8.86. The summed E-state index contributed by atoms with van der Waals surface area (Å²) in [6.07, 6.45) is 3.82. The molecule has 118 valence electrons. The van der Waals surface area contributed by atoms with Gasteiger partial charge in [0, 0.05) is 40.3 Å². The van der Waals surface area contributed by atoms with Crippen LogP contribution in [0.5, 0.6) is 0 Å². The summed E-state index contributed by atoms with van der Waals surface area (Å²) in [5, 5.41) is 17.6. The van der Waals surface area contributed by atoms with Crippen molar-refractivity contribution in [2.75, 3.05) is 5.73 Å². The molecule has 3 aromatic rings. The number of nitrogen functional groups attached to an aromatic ring is 1. The molecule has 0 atom stereocenters. The van der Waals surface area contributed by atoms with E-state index in [0.29, 0.717) is 5.82 Å². The quantitative estimate of drug-likeness (QED) is 0.637. The predicted octanol–water partition coefficient (Wildman–Crippen LogP) is 2.76. The van der Waals surface area contributed by atoms with Crippen LogP contribution in [-0.2, 0) is 6.54 Å². The Labute approximate surface area is 135 Å². The van der Waals surface area contributed by atoms with E-state index in [9.17, 15) is 5.11 Å². The second kappa shape index (κ2) is 5.49. The largest absolute Gasteiger partial charge is 0.384 e. The number of benzene rings is 1. The lowest BCUT2D eigenvalue weighted by molar-refractivity contribution is 0.143. The number of nitrogens with two attached hydrogens (primary N) is 1. The first-order chi connectivity index (χ1) is 10.9. The number of nitrogens with one attached hydrogen (secondary N) is 1. The highest BCUT2D eigenvalue weighted by Gasteiger charge is 2.14. The Kier molecular flexibility index (Phi) is 3.63. The van der Waals surface area contributed by atoms with Crippen LogP contribution in [0.15, 0.2) is 30.6 Å². The molecule has 0 aliphatic heterocycles. The average molecular weight is 308 g/mol. The third-order valence-electron chi connectivity index (χ3n) is 3.69. The Hall–Kier alpha value is -2.71. The molecule has 0 amide bonds. The van der Waals surface area contributed by atoms with Gasteiger partial charge in [-0.2, -0.15) is 5.10 Å². The van der Waals surface area contributed by atoms with Crippen molar-refractivity contribution in [1.82, 2.24) is 14.8 Å². The van der Waals surface area contributed by atoms with Crippen molar-refractivity contribution in [1.29, 1.82) is 0 Å². The molecule has 0 radical (unpaired) electrons. The van der Waals surface area contributed by atoms with Crippen molar-refractivity contribution in [3.8, 4) is 23.0 Å². The zero-order chi connectivity index (χ0) is 16.6. The van der Waals surface area contributed by atoms with Crippen molar-refractivity contribution >= 4 is 16.7 Å². The molecular formula is C18H20N4O. The van der Waals surface area contributed by atoms with Crippen molar-refractivity contribution in [3.05, 3.63) is 36.2 Å². The van der Waals surface area contributed by atoms with Gasteiger partial charge in [0.25, 0.3) is 0 Å². The first-order valence-corrected chi connectivity index (χ1v) is 7.56. The predicted molar refractivity (Wildman–Crippen MR) is 92.8 cm³/mol. The van der Waals surface area contributed by atoms with Crippen LogP contribution < -0.4 is 5.73 Å². The Morgan fingerprint density at radius 2 is 2.13 bits per heavy atom. The monoisotopic (exact) mass is 308 g/mol. The van der Waals surface area contributed by atoms with Gasteiger partial charge in [0.15, 0.2) is 0 Å². The van der Waals surface area contributed by atoms with Crippen LogP contribution in [0.3, 0.4) is 0 Å². The molecular weight excluding hydrogens is 288 g/mol. The molecule has 4 N–H and O–H groups in total. The lowest BCUT2D eigenvalue weighted by atomic mass is 10.0. The van der Waals surface area contributed by atoms with Crippen LogP contribution in [0.4, 0.5) is 5.82 Å². The van der Waals surface area contributed by atoms with Gasteiger partial charge < -0.3 is 15.4 Å². The SMILES string of the molecule is CCn1cc(-c2cn[nH]c2N)c2cc(C#CC(C)(C)O)ccc21. The third kappa shape index (κ3) is 2.94. The molecule has 2 heterocycles. The molecule has 5 nitrogen and oxygen atoms in total. The maximum absolute atomic E-state index is 9.77.